The lowest BCUT2D eigenvalue weighted by molar-refractivity contribution is 0.596. The molecule has 0 aliphatic carbocycles. The molecule has 1 heterocycles. The van der Waals surface area contributed by atoms with E-state index >= 15 is 0 Å². The number of benzene rings is 2. The van der Waals surface area contributed by atoms with Gasteiger partial charge in [-0.1, -0.05) is 34.8 Å². The molecule has 0 amide bonds. The van der Waals surface area contributed by atoms with Crippen LogP contribution in [0, 0.1) is 5.82 Å². The fraction of sp³-hybridized carbons (Fsp3) is 0. The highest BCUT2D eigenvalue weighted by molar-refractivity contribution is 7.91. The minimum absolute atomic E-state index is 0.0360. The topological polar surface area (TPSA) is 47.0 Å². The molecule has 0 radical (unpaired) electrons. The highest BCUT2D eigenvalue weighted by Crippen LogP contribution is 2.34. The maximum Gasteiger partial charge on any atom is 0.209 e. The molecule has 0 N–H and O–H groups in total. The molecular weight excluding hydrogens is 384 g/mol. The van der Waals surface area contributed by atoms with Crippen molar-refractivity contribution in [3.8, 4) is 0 Å². The summed E-state index contributed by atoms with van der Waals surface area (Å²) in [7, 11) is -3.97. The number of pyridine rings is 1. The van der Waals surface area contributed by atoms with Crippen LogP contribution in [0.15, 0.2) is 52.4 Å². The second-order valence-electron chi connectivity index (χ2n) is 4.71. The molecule has 3 nitrogen and oxygen atoms in total. The number of fused-ring (bicyclic) bond motifs is 1. The van der Waals surface area contributed by atoms with E-state index in [2.05, 4.69) is 4.98 Å². The molecule has 0 saturated heterocycles. The predicted molar refractivity (Wildman–Crippen MR) is 88.6 cm³/mol. The van der Waals surface area contributed by atoms with Gasteiger partial charge >= 0.3 is 0 Å². The molecule has 0 aliphatic rings. The van der Waals surface area contributed by atoms with Crippen molar-refractivity contribution in [1.29, 1.82) is 0 Å². The average molecular weight is 391 g/mol. The standard InChI is InChI=1S/C15H7Cl3FNO2S/c16-8-3-9(17)5-11(4-8)23(21,22)14-7-20-13-6-10(19)1-2-12(13)15(14)18/h1-7H. The first kappa shape index (κ1) is 16.5. The Morgan fingerprint density at radius 3 is 2.26 bits per heavy atom. The molecular formula is C15H7Cl3FNO2S. The van der Waals surface area contributed by atoms with Gasteiger partial charge in [0, 0.05) is 27.7 Å². The highest BCUT2D eigenvalue weighted by Gasteiger charge is 2.24. The Kier molecular flexibility index (Phi) is 4.23. The van der Waals surface area contributed by atoms with Gasteiger partial charge in [0.1, 0.15) is 10.7 Å². The van der Waals surface area contributed by atoms with Crippen LogP contribution < -0.4 is 0 Å². The molecule has 0 spiro atoms. The summed E-state index contributed by atoms with van der Waals surface area (Å²) in [5.74, 6) is -0.488. The molecule has 118 valence electrons. The van der Waals surface area contributed by atoms with Crippen molar-refractivity contribution in [2.75, 3.05) is 0 Å². The van der Waals surface area contributed by atoms with Crippen molar-refractivity contribution in [3.63, 3.8) is 0 Å². The van der Waals surface area contributed by atoms with Gasteiger partial charge in [0.25, 0.3) is 0 Å². The third-order valence-electron chi connectivity index (χ3n) is 3.17. The third-order valence-corrected chi connectivity index (χ3v) is 5.87. The average Bonchev–Trinajstić information content (AvgIpc) is 2.46. The first-order valence-electron chi connectivity index (χ1n) is 6.24. The van der Waals surface area contributed by atoms with Crippen molar-refractivity contribution < 1.29 is 12.8 Å². The predicted octanol–water partition coefficient (Wildman–Crippen LogP) is 5.17. The molecule has 2 aromatic carbocycles. The van der Waals surface area contributed by atoms with Crippen molar-refractivity contribution in [3.05, 3.63) is 63.5 Å². The maximum absolute atomic E-state index is 13.2. The zero-order chi connectivity index (χ0) is 16.8. The molecule has 0 unspecified atom stereocenters. The summed E-state index contributed by atoms with van der Waals surface area (Å²) in [6.45, 7) is 0. The second kappa shape index (κ2) is 5.91. The number of halogens is 4. The molecule has 23 heavy (non-hydrogen) atoms. The summed E-state index contributed by atoms with van der Waals surface area (Å²) in [5, 5.41) is 0.666. The van der Waals surface area contributed by atoms with Crippen LogP contribution in [0.5, 0.6) is 0 Å². The van der Waals surface area contributed by atoms with Crippen LogP contribution in [-0.4, -0.2) is 13.4 Å². The van der Waals surface area contributed by atoms with Crippen LogP contribution in [0.1, 0.15) is 0 Å². The van der Waals surface area contributed by atoms with Crippen LogP contribution in [0.4, 0.5) is 4.39 Å². The number of nitrogens with zero attached hydrogens (tertiary/aromatic N) is 1. The van der Waals surface area contributed by atoms with E-state index in [1.165, 1.54) is 36.4 Å². The fourth-order valence-electron chi connectivity index (χ4n) is 2.11. The molecule has 0 aliphatic heterocycles. The van der Waals surface area contributed by atoms with Crippen molar-refractivity contribution in [2.45, 2.75) is 9.79 Å². The molecule has 0 bridgehead atoms. The Bertz CT molecular complexity index is 1020. The maximum atomic E-state index is 13.2. The van der Waals surface area contributed by atoms with Gasteiger partial charge in [-0.3, -0.25) is 4.98 Å². The van der Waals surface area contributed by atoms with Crippen molar-refractivity contribution in [1.82, 2.24) is 4.98 Å². The fourth-order valence-corrected chi connectivity index (χ4v) is 4.64. The van der Waals surface area contributed by atoms with Crippen LogP contribution in [0.25, 0.3) is 10.9 Å². The SMILES string of the molecule is O=S(=O)(c1cc(Cl)cc(Cl)c1)c1cnc2cc(F)ccc2c1Cl. The Morgan fingerprint density at radius 2 is 1.61 bits per heavy atom. The van der Waals surface area contributed by atoms with E-state index in [1.54, 1.807) is 0 Å². The van der Waals surface area contributed by atoms with Gasteiger partial charge < -0.3 is 0 Å². The minimum Gasteiger partial charge on any atom is -0.255 e. The summed E-state index contributed by atoms with van der Waals surface area (Å²) in [6.07, 6.45) is 1.09. The van der Waals surface area contributed by atoms with E-state index in [-0.39, 0.29) is 30.4 Å². The summed E-state index contributed by atoms with van der Waals surface area (Å²) in [5.41, 5.74) is 0.262. The molecule has 3 aromatic rings. The Hall–Kier alpha value is -1.40. The zero-order valence-electron chi connectivity index (χ0n) is 11.2. The summed E-state index contributed by atoms with van der Waals surface area (Å²) >= 11 is 17.9. The van der Waals surface area contributed by atoms with E-state index in [1.807, 2.05) is 0 Å². The van der Waals surface area contributed by atoms with Crippen molar-refractivity contribution >= 4 is 55.5 Å². The summed E-state index contributed by atoms with van der Waals surface area (Å²) in [4.78, 5) is 3.68. The van der Waals surface area contributed by atoms with Crippen LogP contribution >= 0.6 is 34.8 Å². The monoisotopic (exact) mass is 389 g/mol. The number of aromatic nitrogens is 1. The lowest BCUT2D eigenvalue weighted by Gasteiger charge is -2.09. The van der Waals surface area contributed by atoms with Gasteiger partial charge in [-0.2, -0.15) is 0 Å². The number of sulfone groups is 1. The van der Waals surface area contributed by atoms with E-state index in [0.29, 0.717) is 5.39 Å². The molecule has 0 saturated carbocycles. The Labute approximate surface area is 146 Å². The number of rotatable bonds is 2. The van der Waals surface area contributed by atoms with E-state index in [4.69, 9.17) is 34.8 Å². The smallest absolute Gasteiger partial charge is 0.209 e. The van der Waals surface area contributed by atoms with Crippen molar-refractivity contribution in [2.24, 2.45) is 0 Å². The first-order chi connectivity index (χ1) is 10.8. The quantitative estimate of drug-likeness (QED) is 0.606. The van der Waals surface area contributed by atoms with Gasteiger partial charge in [0.15, 0.2) is 0 Å². The van der Waals surface area contributed by atoms with E-state index in [9.17, 15) is 12.8 Å². The number of hydrogen-bond acceptors (Lipinski definition) is 3. The van der Waals surface area contributed by atoms with Crippen LogP contribution in [0.2, 0.25) is 15.1 Å². The molecule has 3 rings (SSSR count). The lowest BCUT2D eigenvalue weighted by Crippen LogP contribution is -2.04. The summed E-state index contributed by atoms with van der Waals surface area (Å²) in [6, 6.07) is 7.70. The van der Waals surface area contributed by atoms with Gasteiger partial charge in [-0.15, -0.1) is 0 Å². The minimum atomic E-state index is -3.97. The largest absolute Gasteiger partial charge is 0.255 e. The number of hydrogen-bond donors (Lipinski definition) is 0. The zero-order valence-corrected chi connectivity index (χ0v) is 14.3. The third kappa shape index (κ3) is 3.02. The lowest BCUT2D eigenvalue weighted by atomic mass is 10.2. The highest BCUT2D eigenvalue weighted by atomic mass is 35.5. The Balaban J connectivity index is 2.26. The van der Waals surface area contributed by atoms with Crippen LogP contribution in [-0.2, 0) is 9.84 Å². The van der Waals surface area contributed by atoms with Gasteiger partial charge in [0.05, 0.1) is 15.4 Å². The molecule has 1 aromatic heterocycles. The van der Waals surface area contributed by atoms with Gasteiger partial charge in [-0.05, 0) is 30.3 Å². The van der Waals surface area contributed by atoms with Gasteiger partial charge in [-0.25, -0.2) is 12.8 Å². The normalized spacial score (nSPS) is 11.8. The van der Waals surface area contributed by atoms with Gasteiger partial charge in [0.2, 0.25) is 9.84 Å². The molecule has 0 fully saturated rings. The van der Waals surface area contributed by atoms with Crippen LogP contribution in [0.3, 0.4) is 0 Å². The Morgan fingerprint density at radius 1 is 0.957 bits per heavy atom. The van der Waals surface area contributed by atoms with E-state index in [0.717, 1.165) is 6.20 Å². The second-order valence-corrected chi connectivity index (χ2v) is 7.88. The molecule has 0 atom stereocenters. The molecule has 8 heteroatoms. The van der Waals surface area contributed by atoms with E-state index < -0.39 is 15.7 Å². The first-order valence-corrected chi connectivity index (χ1v) is 8.86. The summed E-state index contributed by atoms with van der Waals surface area (Å²) < 4.78 is 38.7.